The van der Waals surface area contributed by atoms with Crippen LogP contribution in [0.25, 0.3) is 0 Å². The molecular weight excluding hydrogens is 238 g/mol. The number of amides is 1. The van der Waals surface area contributed by atoms with Crippen LogP contribution in [-0.4, -0.2) is 17.1 Å². The van der Waals surface area contributed by atoms with Gasteiger partial charge in [0.2, 0.25) is 5.91 Å². The van der Waals surface area contributed by atoms with Gasteiger partial charge in [0.25, 0.3) is 0 Å². The Hall–Kier alpha value is -2.49. The summed E-state index contributed by atoms with van der Waals surface area (Å²) in [5, 5.41) is 3.89. The second-order valence-electron chi connectivity index (χ2n) is 4.16. The average molecular weight is 253 g/mol. The highest BCUT2D eigenvalue weighted by molar-refractivity contribution is 5.82. The molecule has 2 aromatic rings. The highest BCUT2D eigenvalue weighted by atomic mass is 16.2. The van der Waals surface area contributed by atoms with Crippen molar-refractivity contribution in [2.45, 2.75) is 13.3 Å². The Kier molecular flexibility index (Phi) is 4.39. The number of pyridine rings is 1. The number of carbonyl (C=O) groups excluding carboxylic acids is 1. The number of hydrogen-bond acceptors (Lipinski definition) is 3. The molecule has 0 saturated heterocycles. The van der Waals surface area contributed by atoms with Gasteiger partial charge in [-0.25, -0.2) is 5.43 Å². The van der Waals surface area contributed by atoms with Gasteiger partial charge in [0.15, 0.2) is 0 Å². The van der Waals surface area contributed by atoms with Gasteiger partial charge in [-0.1, -0.05) is 36.4 Å². The van der Waals surface area contributed by atoms with E-state index in [1.54, 1.807) is 0 Å². The van der Waals surface area contributed by atoms with Crippen LogP contribution in [-0.2, 0) is 11.2 Å². The smallest absolute Gasteiger partial charge is 0.244 e. The second-order valence-corrected chi connectivity index (χ2v) is 4.16. The maximum atomic E-state index is 11.6. The summed E-state index contributed by atoms with van der Waals surface area (Å²) < 4.78 is 0. The zero-order valence-electron chi connectivity index (χ0n) is 10.7. The summed E-state index contributed by atoms with van der Waals surface area (Å²) in [4.78, 5) is 15.9. The first-order valence-corrected chi connectivity index (χ1v) is 6.03. The number of rotatable bonds is 4. The molecule has 96 valence electrons. The van der Waals surface area contributed by atoms with Crippen LogP contribution in [0.2, 0.25) is 0 Å². The molecule has 0 fully saturated rings. The van der Waals surface area contributed by atoms with Crippen LogP contribution in [0.3, 0.4) is 0 Å². The zero-order chi connectivity index (χ0) is 13.5. The van der Waals surface area contributed by atoms with E-state index in [1.165, 1.54) is 6.21 Å². The molecule has 19 heavy (non-hydrogen) atoms. The summed E-state index contributed by atoms with van der Waals surface area (Å²) in [7, 11) is 0. The number of aromatic nitrogens is 1. The minimum Gasteiger partial charge on any atom is -0.273 e. The minimum atomic E-state index is -0.143. The number of carbonyl (C=O) groups is 1. The fourth-order valence-corrected chi connectivity index (χ4v) is 1.63. The Morgan fingerprint density at radius 1 is 1.21 bits per heavy atom. The first-order valence-electron chi connectivity index (χ1n) is 6.03. The van der Waals surface area contributed by atoms with Crippen LogP contribution >= 0.6 is 0 Å². The van der Waals surface area contributed by atoms with Gasteiger partial charge in [-0.3, -0.25) is 9.78 Å². The number of aryl methyl sites for hydroxylation is 1. The van der Waals surface area contributed by atoms with Crippen molar-refractivity contribution in [3.8, 4) is 0 Å². The molecule has 1 heterocycles. The molecule has 1 aromatic carbocycles. The topological polar surface area (TPSA) is 54.4 Å². The lowest BCUT2D eigenvalue weighted by Crippen LogP contribution is -2.19. The van der Waals surface area contributed by atoms with E-state index < -0.39 is 0 Å². The molecule has 0 bridgehead atoms. The van der Waals surface area contributed by atoms with Crippen molar-refractivity contribution >= 4 is 12.1 Å². The lowest BCUT2D eigenvalue weighted by atomic mass is 10.1. The van der Waals surface area contributed by atoms with E-state index in [0.29, 0.717) is 6.42 Å². The van der Waals surface area contributed by atoms with E-state index in [0.717, 1.165) is 17.0 Å². The largest absolute Gasteiger partial charge is 0.273 e. The number of hydrazone groups is 1. The van der Waals surface area contributed by atoms with Crippen LogP contribution in [0.15, 0.2) is 53.6 Å². The van der Waals surface area contributed by atoms with Crippen LogP contribution in [0.1, 0.15) is 17.0 Å². The third-order valence-corrected chi connectivity index (χ3v) is 2.50. The van der Waals surface area contributed by atoms with Gasteiger partial charge in [-0.15, -0.1) is 0 Å². The molecule has 1 amide bonds. The van der Waals surface area contributed by atoms with Crippen molar-refractivity contribution in [1.29, 1.82) is 0 Å². The van der Waals surface area contributed by atoms with E-state index in [1.807, 2.05) is 55.5 Å². The van der Waals surface area contributed by atoms with Gasteiger partial charge < -0.3 is 0 Å². The van der Waals surface area contributed by atoms with Crippen LogP contribution in [0.5, 0.6) is 0 Å². The standard InChI is InChI=1S/C15H15N3O/c1-12-6-5-9-14(17-12)11-16-18-15(19)10-13-7-3-2-4-8-13/h2-9,11H,10H2,1H3,(H,18,19). The molecule has 2 rings (SSSR count). The maximum Gasteiger partial charge on any atom is 0.244 e. The van der Waals surface area contributed by atoms with Gasteiger partial charge in [-0.05, 0) is 24.6 Å². The SMILES string of the molecule is Cc1cccc(C=NNC(=O)Cc2ccccc2)n1. The van der Waals surface area contributed by atoms with E-state index >= 15 is 0 Å². The summed E-state index contributed by atoms with van der Waals surface area (Å²) in [6.07, 6.45) is 1.86. The van der Waals surface area contributed by atoms with Crippen molar-refractivity contribution < 1.29 is 4.79 Å². The van der Waals surface area contributed by atoms with E-state index in [4.69, 9.17) is 0 Å². The fraction of sp³-hybridized carbons (Fsp3) is 0.133. The number of nitrogens with zero attached hydrogens (tertiary/aromatic N) is 2. The molecule has 0 saturated carbocycles. The van der Waals surface area contributed by atoms with E-state index in [9.17, 15) is 4.79 Å². The molecule has 0 radical (unpaired) electrons. The van der Waals surface area contributed by atoms with Gasteiger partial charge in [-0.2, -0.15) is 5.10 Å². The third kappa shape index (κ3) is 4.35. The summed E-state index contributed by atoms with van der Waals surface area (Å²) in [6.45, 7) is 1.91. The average Bonchev–Trinajstić information content (AvgIpc) is 2.40. The first-order chi connectivity index (χ1) is 9.24. The van der Waals surface area contributed by atoms with E-state index in [2.05, 4.69) is 15.5 Å². The Balaban J connectivity index is 1.87. The molecule has 0 spiro atoms. The Bertz CT molecular complexity index is 579. The number of nitrogens with one attached hydrogen (secondary N) is 1. The molecule has 4 heteroatoms. The summed E-state index contributed by atoms with van der Waals surface area (Å²) in [5.74, 6) is -0.143. The zero-order valence-corrected chi connectivity index (χ0v) is 10.7. The Morgan fingerprint density at radius 2 is 2.00 bits per heavy atom. The van der Waals surface area contributed by atoms with Crippen LogP contribution < -0.4 is 5.43 Å². The molecular formula is C15H15N3O. The monoisotopic (exact) mass is 253 g/mol. The summed E-state index contributed by atoms with van der Waals surface area (Å²) >= 11 is 0. The lowest BCUT2D eigenvalue weighted by Gasteiger charge is -2.00. The first kappa shape index (κ1) is 13.0. The maximum absolute atomic E-state index is 11.6. The molecule has 0 atom stereocenters. The normalized spacial score (nSPS) is 10.6. The van der Waals surface area contributed by atoms with Gasteiger partial charge in [0, 0.05) is 5.69 Å². The molecule has 0 aliphatic heterocycles. The summed E-state index contributed by atoms with van der Waals surface area (Å²) in [6, 6.07) is 15.2. The molecule has 0 aliphatic rings. The van der Waals surface area contributed by atoms with Crippen LogP contribution in [0.4, 0.5) is 0 Å². The summed E-state index contributed by atoms with van der Waals surface area (Å²) in [5.41, 5.74) is 5.09. The fourth-order valence-electron chi connectivity index (χ4n) is 1.63. The van der Waals surface area contributed by atoms with Crippen molar-refractivity contribution in [2.24, 2.45) is 5.10 Å². The lowest BCUT2D eigenvalue weighted by molar-refractivity contribution is -0.120. The van der Waals surface area contributed by atoms with Crippen molar-refractivity contribution in [3.63, 3.8) is 0 Å². The molecule has 1 aromatic heterocycles. The van der Waals surface area contributed by atoms with Gasteiger partial charge in [0.05, 0.1) is 18.3 Å². The Labute approximate surface area is 112 Å². The molecule has 0 unspecified atom stereocenters. The predicted molar refractivity (Wildman–Crippen MR) is 74.9 cm³/mol. The molecule has 0 aliphatic carbocycles. The second kappa shape index (κ2) is 6.44. The van der Waals surface area contributed by atoms with Crippen molar-refractivity contribution in [2.75, 3.05) is 0 Å². The molecule has 4 nitrogen and oxygen atoms in total. The van der Waals surface area contributed by atoms with Gasteiger partial charge in [0.1, 0.15) is 0 Å². The van der Waals surface area contributed by atoms with Crippen molar-refractivity contribution in [1.82, 2.24) is 10.4 Å². The number of hydrogen-bond donors (Lipinski definition) is 1. The quantitative estimate of drug-likeness (QED) is 0.670. The molecule has 1 N–H and O–H groups in total. The van der Waals surface area contributed by atoms with E-state index in [-0.39, 0.29) is 5.91 Å². The van der Waals surface area contributed by atoms with Crippen LogP contribution in [0, 0.1) is 6.92 Å². The number of benzene rings is 1. The highest BCUT2D eigenvalue weighted by Gasteiger charge is 2.00. The minimum absolute atomic E-state index is 0.143. The highest BCUT2D eigenvalue weighted by Crippen LogP contribution is 1.99. The Morgan fingerprint density at radius 3 is 2.74 bits per heavy atom. The third-order valence-electron chi connectivity index (χ3n) is 2.50. The predicted octanol–water partition coefficient (Wildman–Crippen LogP) is 2.08. The van der Waals surface area contributed by atoms with Crippen molar-refractivity contribution in [3.05, 3.63) is 65.5 Å². The van der Waals surface area contributed by atoms with Gasteiger partial charge >= 0.3 is 0 Å².